The highest BCUT2D eigenvalue weighted by Gasteiger charge is 2.33. The number of halogens is 1. The van der Waals surface area contributed by atoms with E-state index in [0.29, 0.717) is 18.5 Å². The number of nitrogens with zero attached hydrogens (tertiary/aromatic N) is 2. The minimum atomic E-state index is -0.494. The molecule has 7 heteroatoms. The maximum Gasteiger partial charge on any atom is 0.238 e. The van der Waals surface area contributed by atoms with Crippen molar-refractivity contribution < 1.29 is 9.18 Å². The smallest absolute Gasteiger partial charge is 0.238 e. The van der Waals surface area contributed by atoms with Crippen LogP contribution in [0.2, 0.25) is 0 Å². The summed E-state index contributed by atoms with van der Waals surface area (Å²) in [5.41, 5.74) is 8.37. The molecule has 3 rings (SSSR count). The third kappa shape index (κ3) is 3.78. The summed E-state index contributed by atoms with van der Waals surface area (Å²) in [5.74, 6) is -0.342. The molecule has 3 N–H and O–H groups in total. The van der Waals surface area contributed by atoms with E-state index in [0.717, 1.165) is 11.3 Å². The van der Waals surface area contributed by atoms with Crippen molar-refractivity contribution in [3.63, 3.8) is 0 Å². The Hall–Kier alpha value is -2.25. The zero-order valence-corrected chi connectivity index (χ0v) is 15.6. The fourth-order valence-corrected chi connectivity index (χ4v) is 3.43. The van der Waals surface area contributed by atoms with Crippen LogP contribution in [-0.4, -0.2) is 28.3 Å². The Morgan fingerprint density at radius 1 is 1.38 bits per heavy atom. The largest absolute Gasteiger partial charge is 0.354 e. The van der Waals surface area contributed by atoms with Crippen molar-refractivity contribution in [2.24, 2.45) is 7.05 Å². The average Bonchev–Trinajstić information content (AvgIpc) is 3.19. The number of carbonyl (C=O) groups excluding carboxylic acids is 1. The highest BCUT2D eigenvalue weighted by molar-refractivity contribution is 5.82. The van der Waals surface area contributed by atoms with Crippen molar-refractivity contribution in [2.75, 3.05) is 6.54 Å². The lowest BCUT2D eigenvalue weighted by atomic mass is 9.84. The van der Waals surface area contributed by atoms with Gasteiger partial charge < -0.3 is 5.32 Å². The van der Waals surface area contributed by atoms with E-state index in [1.165, 1.54) is 6.07 Å². The molecular weight excluding hydrogens is 333 g/mol. The molecule has 1 aliphatic rings. The quantitative estimate of drug-likeness (QED) is 0.762. The summed E-state index contributed by atoms with van der Waals surface area (Å²) in [4.78, 5) is 12.5. The molecule has 0 radical (unpaired) electrons. The van der Waals surface area contributed by atoms with Crippen LogP contribution in [0.1, 0.15) is 43.1 Å². The van der Waals surface area contributed by atoms with Crippen molar-refractivity contribution in [3.05, 3.63) is 53.1 Å². The van der Waals surface area contributed by atoms with Gasteiger partial charge in [0.05, 0.1) is 11.7 Å². The Balaban J connectivity index is 1.59. The number of nitrogens with one attached hydrogen (secondary N) is 3. The van der Waals surface area contributed by atoms with Crippen LogP contribution < -0.4 is 16.2 Å². The Morgan fingerprint density at radius 2 is 2.12 bits per heavy atom. The van der Waals surface area contributed by atoms with Crippen molar-refractivity contribution >= 4 is 5.91 Å². The van der Waals surface area contributed by atoms with Gasteiger partial charge in [-0.25, -0.2) is 15.2 Å². The number of aromatic nitrogens is 2. The molecule has 1 saturated heterocycles. The Labute approximate surface area is 153 Å². The molecule has 1 fully saturated rings. The number of hydrogen-bond donors (Lipinski definition) is 3. The predicted octanol–water partition coefficient (Wildman–Crippen LogP) is 1.87. The molecule has 0 bridgehead atoms. The SMILES string of the molecule is Cc1nn(C)cc1C1CC(C(=O)NCC(C)(C)c2ccccc2F)NN1. The second-order valence-corrected chi connectivity index (χ2v) is 7.55. The van der Waals surface area contributed by atoms with Crippen LogP contribution in [0.4, 0.5) is 4.39 Å². The van der Waals surface area contributed by atoms with Crippen LogP contribution in [0.25, 0.3) is 0 Å². The standard InChI is InChI=1S/C19H26FN5O/c1-12-13(10-25(4)24-12)16-9-17(23-22-16)18(26)21-11-19(2,3)14-7-5-6-8-15(14)20/h5-8,10,16-17,22-23H,9,11H2,1-4H3,(H,21,26). The molecule has 1 amide bonds. The lowest BCUT2D eigenvalue weighted by Crippen LogP contribution is -2.46. The number of benzene rings is 1. The lowest BCUT2D eigenvalue weighted by molar-refractivity contribution is -0.123. The highest BCUT2D eigenvalue weighted by atomic mass is 19.1. The lowest BCUT2D eigenvalue weighted by Gasteiger charge is -2.26. The van der Waals surface area contributed by atoms with Gasteiger partial charge in [0, 0.05) is 30.8 Å². The van der Waals surface area contributed by atoms with Gasteiger partial charge in [0.1, 0.15) is 11.9 Å². The number of carbonyl (C=O) groups is 1. The van der Waals surface area contributed by atoms with Crippen LogP contribution >= 0.6 is 0 Å². The van der Waals surface area contributed by atoms with E-state index < -0.39 is 5.41 Å². The Bertz CT molecular complexity index is 801. The molecule has 1 aromatic heterocycles. The van der Waals surface area contributed by atoms with Gasteiger partial charge in [0.2, 0.25) is 5.91 Å². The number of hydrogen-bond acceptors (Lipinski definition) is 4. The van der Waals surface area contributed by atoms with Gasteiger partial charge in [-0.05, 0) is 25.0 Å². The van der Waals surface area contributed by atoms with Gasteiger partial charge in [0.15, 0.2) is 0 Å². The van der Waals surface area contributed by atoms with E-state index >= 15 is 0 Å². The number of aryl methyl sites for hydroxylation is 2. The summed E-state index contributed by atoms with van der Waals surface area (Å²) in [6.45, 7) is 6.17. The molecule has 2 unspecified atom stereocenters. The minimum Gasteiger partial charge on any atom is -0.354 e. The minimum absolute atomic E-state index is 0.0408. The highest BCUT2D eigenvalue weighted by Crippen LogP contribution is 2.26. The third-order valence-electron chi connectivity index (χ3n) is 4.95. The van der Waals surface area contributed by atoms with Crippen molar-refractivity contribution in [1.82, 2.24) is 25.9 Å². The maximum absolute atomic E-state index is 14.0. The van der Waals surface area contributed by atoms with Crippen molar-refractivity contribution in [2.45, 2.75) is 44.7 Å². The second-order valence-electron chi connectivity index (χ2n) is 7.55. The van der Waals surface area contributed by atoms with Crippen LogP contribution in [0.15, 0.2) is 30.5 Å². The molecule has 2 atom stereocenters. The number of amides is 1. The van der Waals surface area contributed by atoms with Gasteiger partial charge in [0.25, 0.3) is 0 Å². The summed E-state index contributed by atoms with van der Waals surface area (Å²) >= 11 is 0. The molecule has 1 aliphatic heterocycles. The van der Waals surface area contributed by atoms with Crippen molar-refractivity contribution in [3.8, 4) is 0 Å². The van der Waals surface area contributed by atoms with E-state index in [2.05, 4.69) is 21.3 Å². The molecule has 1 aromatic carbocycles. The molecule has 0 aliphatic carbocycles. The van der Waals surface area contributed by atoms with Crippen LogP contribution in [0.3, 0.4) is 0 Å². The molecule has 0 saturated carbocycles. The maximum atomic E-state index is 14.0. The van der Waals surface area contributed by atoms with Gasteiger partial charge in [-0.15, -0.1) is 0 Å². The first-order valence-electron chi connectivity index (χ1n) is 8.82. The Kier molecular flexibility index (Phi) is 5.11. The fourth-order valence-electron chi connectivity index (χ4n) is 3.43. The summed E-state index contributed by atoms with van der Waals surface area (Å²) in [5, 5.41) is 7.30. The fraction of sp³-hybridized carbons (Fsp3) is 0.474. The molecule has 6 nitrogen and oxygen atoms in total. The van der Waals surface area contributed by atoms with Crippen LogP contribution in [-0.2, 0) is 17.3 Å². The van der Waals surface area contributed by atoms with Gasteiger partial charge in [-0.3, -0.25) is 9.48 Å². The zero-order chi connectivity index (χ0) is 18.9. The first-order valence-corrected chi connectivity index (χ1v) is 8.82. The number of rotatable bonds is 5. The van der Waals surface area contributed by atoms with E-state index in [9.17, 15) is 9.18 Å². The van der Waals surface area contributed by atoms with Crippen molar-refractivity contribution in [1.29, 1.82) is 0 Å². The van der Waals surface area contributed by atoms with E-state index in [4.69, 9.17) is 0 Å². The van der Waals surface area contributed by atoms with E-state index in [-0.39, 0.29) is 23.8 Å². The summed E-state index contributed by atoms with van der Waals surface area (Å²) in [6, 6.07) is 6.39. The first-order chi connectivity index (χ1) is 12.3. The van der Waals surface area contributed by atoms with Crippen LogP contribution in [0, 0.1) is 12.7 Å². The summed E-state index contributed by atoms with van der Waals surface area (Å²) < 4.78 is 15.8. The zero-order valence-electron chi connectivity index (χ0n) is 15.6. The Morgan fingerprint density at radius 3 is 2.77 bits per heavy atom. The molecule has 2 heterocycles. The topological polar surface area (TPSA) is 71.0 Å². The monoisotopic (exact) mass is 359 g/mol. The molecular formula is C19H26FN5O. The summed E-state index contributed by atoms with van der Waals surface area (Å²) in [7, 11) is 1.88. The normalized spacial score (nSPS) is 20.3. The molecule has 0 spiro atoms. The van der Waals surface area contributed by atoms with E-state index in [1.54, 1.807) is 16.8 Å². The van der Waals surface area contributed by atoms with Gasteiger partial charge in [-0.1, -0.05) is 32.0 Å². The van der Waals surface area contributed by atoms with E-state index in [1.807, 2.05) is 40.1 Å². The summed E-state index contributed by atoms with van der Waals surface area (Å²) in [6.07, 6.45) is 2.61. The van der Waals surface area contributed by atoms with Crippen LogP contribution in [0.5, 0.6) is 0 Å². The molecule has 140 valence electrons. The van der Waals surface area contributed by atoms with Gasteiger partial charge >= 0.3 is 0 Å². The van der Waals surface area contributed by atoms with Gasteiger partial charge in [-0.2, -0.15) is 5.10 Å². The predicted molar refractivity (Wildman–Crippen MR) is 97.8 cm³/mol. The number of hydrazine groups is 1. The second kappa shape index (κ2) is 7.17. The molecule has 26 heavy (non-hydrogen) atoms. The molecule has 2 aromatic rings. The third-order valence-corrected chi connectivity index (χ3v) is 4.95. The average molecular weight is 359 g/mol. The first kappa shape index (κ1) is 18.5.